The summed E-state index contributed by atoms with van der Waals surface area (Å²) in [5.41, 5.74) is 0.644. The largest absolute Gasteiger partial charge is 0.384 e. The van der Waals surface area contributed by atoms with Crippen molar-refractivity contribution in [1.29, 1.82) is 0 Å². The average Bonchev–Trinajstić information content (AvgIpc) is 2.57. The van der Waals surface area contributed by atoms with Crippen LogP contribution in [0.4, 0.5) is 0 Å². The molecule has 5 nitrogen and oxygen atoms in total. The van der Waals surface area contributed by atoms with Crippen LogP contribution in [-0.4, -0.2) is 46.4 Å². The van der Waals surface area contributed by atoms with Crippen molar-refractivity contribution in [3.8, 4) is 0 Å². The SMILES string of the molecule is COCC1(C(=O)NCC(OC)c2ccccc2)CCNCC1.Cl. The number of carbonyl (C=O) groups is 1. The van der Waals surface area contributed by atoms with Gasteiger partial charge < -0.3 is 20.1 Å². The van der Waals surface area contributed by atoms with E-state index in [9.17, 15) is 4.79 Å². The van der Waals surface area contributed by atoms with E-state index in [0.29, 0.717) is 13.2 Å². The minimum absolute atomic E-state index is 0. The molecule has 0 aromatic heterocycles. The second-order valence-electron chi connectivity index (χ2n) is 5.81. The van der Waals surface area contributed by atoms with E-state index in [1.807, 2.05) is 30.3 Å². The highest BCUT2D eigenvalue weighted by molar-refractivity contribution is 5.85. The molecule has 0 radical (unpaired) electrons. The smallest absolute Gasteiger partial charge is 0.228 e. The van der Waals surface area contributed by atoms with Crippen molar-refractivity contribution in [1.82, 2.24) is 10.6 Å². The van der Waals surface area contributed by atoms with Gasteiger partial charge in [0.25, 0.3) is 0 Å². The van der Waals surface area contributed by atoms with Crippen LogP contribution < -0.4 is 10.6 Å². The fourth-order valence-corrected chi connectivity index (χ4v) is 3.00. The van der Waals surface area contributed by atoms with Gasteiger partial charge in [0.1, 0.15) is 0 Å². The molecule has 0 aliphatic carbocycles. The van der Waals surface area contributed by atoms with Crippen LogP contribution in [0.5, 0.6) is 0 Å². The molecule has 130 valence electrons. The minimum Gasteiger partial charge on any atom is -0.384 e. The quantitative estimate of drug-likeness (QED) is 0.795. The highest BCUT2D eigenvalue weighted by Gasteiger charge is 2.39. The topological polar surface area (TPSA) is 59.6 Å². The summed E-state index contributed by atoms with van der Waals surface area (Å²) in [6, 6.07) is 9.94. The molecule has 2 N–H and O–H groups in total. The molecule has 1 atom stereocenters. The molecular formula is C17H27ClN2O3. The van der Waals surface area contributed by atoms with Gasteiger partial charge in [0.15, 0.2) is 0 Å². The Morgan fingerprint density at radius 2 is 1.91 bits per heavy atom. The Bertz CT molecular complexity index is 459. The van der Waals surface area contributed by atoms with Crippen molar-refractivity contribution in [3.63, 3.8) is 0 Å². The molecule has 2 rings (SSSR count). The number of benzene rings is 1. The molecule has 1 aromatic rings. The zero-order valence-electron chi connectivity index (χ0n) is 13.8. The van der Waals surface area contributed by atoms with Crippen molar-refractivity contribution < 1.29 is 14.3 Å². The number of halogens is 1. The van der Waals surface area contributed by atoms with Gasteiger partial charge in [-0.2, -0.15) is 0 Å². The molecule has 0 saturated carbocycles. The van der Waals surface area contributed by atoms with Crippen molar-refractivity contribution in [3.05, 3.63) is 35.9 Å². The van der Waals surface area contributed by atoms with E-state index in [4.69, 9.17) is 9.47 Å². The second kappa shape index (κ2) is 9.88. The lowest BCUT2D eigenvalue weighted by Crippen LogP contribution is -2.50. The maximum atomic E-state index is 12.7. The Morgan fingerprint density at radius 3 is 2.48 bits per heavy atom. The van der Waals surface area contributed by atoms with Crippen molar-refractivity contribution in [2.75, 3.05) is 40.5 Å². The van der Waals surface area contributed by atoms with Crippen molar-refractivity contribution in [2.45, 2.75) is 18.9 Å². The highest BCUT2D eigenvalue weighted by Crippen LogP contribution is 2.29. The summed E-state index contributed by atoms with van der Waals surface area (Å²) >= 11 is 0. The zero-order chi connectivity index (χ0) is 15.8. The summed E-state index contributed by atoms with van der Waals surface area (Å²) in [4.78, 5) is 12.7. The van der Waals surface area contributed by atoms with Crippen molar-refractivity contribution >= 4 is 18.3 Å². The van der Waals surface area contributed by atoms with Crippen LogP contribution in [0.2, 0.25) is 0 Å². The number of ether oxygens (including phenoxy) is 2. The van der Waals surface area contributed by atoms with E-state index in [2.05, 4.69) is 10.6 Å². The van der Waals surface area contributed by atoms with Gasteiger partial charge >= 0.3 is 0 Å². The first kappa shape index (κ1) is 19.9. The zero-order valence-corrected chi connectivity index (χ0v) is 14.7. The summed E-state index contributed by atoms with van der Waals surface area (Å²) in [5.74, 6) is 0.0637. The number of amides is 1. The molecule has 1 saturated heterocycles. The van der Waals surface area contributed by atoms with E-state index in [1.54, 1.807) is 14.2 Å². The second-order valence-corrected chi connectivity index (χ2v) is 5.81. The average molecular weight is 343 g/mol. The van der Waals surface area contributed by atoms with E-state index in [1.165, 1.54) is 0 Å². The van der Waals surface area contributed by atoms with E-state index >= 15 is 0 Å². The predicted molar refractivity (Wildman–Crippen MR) is 92.9 cm³/mol. The Morgan fingerprint density at radius 1 is 1.26 bits per heavy atom. The van der Waals surface area contributed by atoms with Gasteiger partial charge in [-0.1, -0.05) is 30.3 Å². The van der Waals surface area contributed by atoms with Crippen molar-refractivity contribution in [2.24, 2.45) is 5.41 Å². The number of rotatable bonds is 7. The molecule has 1 heterocycles. The molecule has 0 bridgehead atoms. The molecule has 1 amide bonds. The third-order valence-corrected chi connectivity index (χ3v) is 4.37. The Balaban J connectivity index is 0.00000264. The summed E-state index contributed by atoms with van der Waals surface area (Å²) in [6.45, 7) is 2.63. The van der Waals surface area contributed by atoms with Crippen LogP contribution in [0.25, 0.3) is 0 Å². The third kappa shape index (κ3) is 5.18. The summed E-state index contributed by atoms with van der Waals surface area (Å²) in [6.07, 6.45) is 1.47. The molecule has 1 aromatic carbocycles. The van der Waals surface area contributed by atoms with E-state index in [-0.39, 0.29) is 24.4 Å². The van der Waals surface area contributed by atoms with Gasteiger partial charge in [0.05, 0.1) is 18.1 Å². The summed E-state index contributed by atoms with van der Waals surface area (Å²) in [7, 11) is 3.32. The lowest BCUT2D eigenvalue weighted by Gasteiger charge is -2.35. The molecule has 1 fully saturated rings. The maximum absolute atomic E-state index is 12.7. The van der Waals surface area contributed by atoms with Crippen LogP contribution in [-0.2, 0) is 14.3 Å². The molecule has 6 heteroatoms. The van der Waals surface area contributed by atoms with Gasteiger partial charge in [-0.15, -0.1) is 12.4 Å². The lowest BCUT2D eigenvalue weighted by molar-refractivity contribution is -0.136. The lowest BCUT2D eigenvalue weighted by atomic mass is 9.78. The maximum Gasteiger partial charge on any atom is 0.228 e. The standard InChI is InChI=1S/C17H26N2O3.ClH/c1-21-13-17(8-10-18-11-9-17)16(20)19-12-15(22-2)14-6-4-3-5-7-14;/h3-7,15,18H,8-13H2,1-2H3,(H,19,20);1H. The molecule has 23 heavy (non-hydrogen) atoms. The Kier molecular flexibility index (Phi) is 8.55. The van der Waals surface area contributed by atoms with Gasteiger partial charge in [0, 0.05) is 20.8 Å². The summed E-state index contributed by atoms with van der Waals surface area (Å²) in [5, 5.41) is 6.35. The molecule has 0 spiro atoms. The van der Waals surface area contributed by atoms with Crippen LogP contribution in [0.15, 0.2) is 30.3 Å². The summed E-state index contributed by atoms with van der Waals surface area (Å²) < 4.78 is 10.8. The number of methoxy groups -OCH3 is 2. The van der Waals surface area contributed by atoms with E-state index < -0.39 is 5.41 Å². The monoisotopic (exact) mass is 342 g/mol. The Hall–Kier alpha value is -1.14. The van der Waals surface area contributed by atoms with Crippen LogP contribution in [0.1, 0.15) is 24.5 Å². The first-order chi connectivity index (χ1) is 10.7. The molecule has 1 aliphatic rings. The Labute approximate surface area is 144 Å². The fraction of sp³-hybridized carbons (Fsp3) is 0.588. The first-order valence-electron chi connectivity index (χ1n) is 7.77. The van der Waals surface area contributed by atoms with Crippen LogP contribution in [0, 0.1) is 5.41 Å². The first-order valence-corrected chi connectivity index (χ1v) is 7.77. The minimum atomic E-state index is -0.422. The predicted octanol–water partition coefficient (Wildman–Crippen LogP) is 1.93. The molecule has 1 aliphatic heterocycles. The van der Waals surface area contributed by atoms with Gasteiger partial charge in [0.2, 0.25) is 5.91 Å². The van der Waals surface area contributed by atoms with Gasteiger partial charge in [-0.3, -0.25) is 4.79 Å². The van der Waals surface area contributed by atoms with Gasteiger partial charge in [-0.05, 0) is 31.5 Å². The van der Waals surface area contributed by atoms with Crippen LogP contribution in [0.3, 0.4) is 0 Å². The van der Waals surface area contributed by atoms with Gasteiger partial charge in [-0.25, -0.2) is 0 Å². The number of nitrogens with one attached hydrogen (secondary N) is 2. The third-order valence-electron chi connectivity index (χ3n) is 4.37. The number of hydrogen-bond donors (Lipinski definition) is 2. The van der Waals surface area contributed by atoms with Crippen LogP contribution >= 0.6 is 12.4 Å². The fourth-order valence-electron chi connectivity index (χ4n) is 3.00. The number of hydrogen-bond acceptors (Lipinski definition) is 4. The number of piperidine rings is 1. The number of carbonyl (C=O) groups excluding carboxylic acids is 1. The molecule has 1 unspecified atom stereocenters. The highest BCUT2D eigenvalue weighted by atomic mass is 35.5. The van der Waals surface area contributed by atoms with E-state index in [0.717, 1.165) is 31.5 Å². The normalized spacial score (nSPS) is 17.8. The molecular weight excluding hydrogens is 316 g/mol.